The standard InChI is InChI=1S/C14H16N2O4S/c15-8-11-3-1-4-12(7-11)10-21(19,20)16-6-2-5-13(9-16)14(17)18/h1,3-4,7,13H,2,5-6,9-10H2,(H,17,18). The topological polar surface area (TPSA) is 98.5 Å². The molecule has 1 unspecified atom stereocenters. The number of nitriles is 1. The van der Waals surface area contributed by atoms with Crippen molar-refractivity contribution in [1.82, 2.24) is 4.31 Å². The molecular formula is C14H16N2O4S. The van der Waals surface area contributed by atoms with Gasteiger partial charge in [0, 0.05) is 13.1 Å². The van der Waals surface area contributed by atoms with E-state index in [0.717, 1.165) is 0 Å². The maximum Gasteiger partial charge on any atom is 0.307 e. The summed E-state index contributed by atoms with van der Waals surface area (Å²) in [5.41, 5.74) is 0.941. The van der Waals surface area contributed by atoms with Crippen molar-refractivity contribution in [3.63, 3.8) is 0 Å². The van der Waals surface area contributed by atoms with Gasteiger partial charge in [-0.05, 0) is 30.5 Å². The highest BCUT2D eigenvalue weighted by Gasteiger charge is 2.32. The Bertz CT molecular complexity index is 678. The monoisotopic (exact) mass is 308 g/mol. The predicted octanol–water partition coefficient (Wildman–Crippen LogP) is 1.18. The number of carboxylic acid groups (broad SMARTS) is 1. The number of rotatable bonds is 4. The van der Waals surface area contributed by atoms with Crippen molar-refractivity contribution in [3.05, 3.63) is 35.4 Å². The van der Waals surface area contributed by atoms with Crippen LogP contribution in [0, 0.1) is 17.2 Å². The minimum absolute atomic E-state index is 0.0234. The Morgan fingerprint density at radius 3 is 2.90 bits per heavy atom. The van der Waals surface area contributed by atoms with Crippen molar-refractivity contribution in [2.45, 2.75) is 18.6 Å². The first-order valence-corrected chi connectivity index (χ1v) is 8.23. The number of hydrogen-bond acceptors (Lipinski definition) is 4. The Labute approximate surface area is 123 Å². The maximum absolute atomic E-state index is 12.4. The lowest BCUT2D eigenvalue weighted by atomic mass is 10.0. The van der Waals surface area contributed by atoms with E-state index in [-0.39, 0.29) is 12.3 Å². The zero-order valence-corrected chi connectivity index (χ0v) is 12.2. The molecule has 0 aliphatic carbocycles. The van der Waals surface area contributed by atoms with Gasteiger partial charge < -0.3 is 5.11 Å². The fourth-order valence-electron chi connectivity index (χ4n) is 2.43. The fraction of sp³-hybridized carbons (Fsp3) is 0.429. The largest absolute Gasteiger partial charge is 0.481 e. The third-order valence-electron chi connectivity index (χ3n) is 3.53. The van der Waals surface area contributed by atoms with Crippen LogP contribution in [0.3, 0.4) is 0 Å². The molecule has 0 radical (unpaired) electrons. The van der Waals surface area contributed by atoms with Crippen LogP contribution in [0.4, 0.5) is 0 Å². The van der Waals surface area contributed by atoms with Crippen LogP contribution in [0.2, 0.25) is 0 Å². The first-order valence-electron chi connectivity index (χ1n) is 6.62. The van der Waals surface area contributed by atoms with E-state index in [1.54, 1.807) is 18.2 Å². The number of piperidine rings is 1. The summed E-state index contributed by atoms with van der Waals surface area (Å²) in [5, 5.41) is 17.9. The summed E-state index contributed by atoms with van der Waals surface area (Å²) in [4.78, 5) is 11.0. The predicted molar refractivity (Wildman–Crippen MR) is 75.7 cm³/mol. The molecule has 0 spiro atoms. The third-order valence-corrected chi connectivity index (χ3v) is 5.35. The molecule has 1 saturated heterocycles. The van der Waals surface area contributed by atoms with Crippen molar-refractivity contribution >= 4 is 16.0 Å². The molecule has 1 aromatic carbocycles. The van der Waals surface area contributed by atoms with Gasteiger partial charge in [-0.1, -0.05) is 12.1 Å². The van der Waals surface area contributed by atoms with Crippen molar-refractivity contribution in [2.24, 2.45) is 5.92 Å². The van der Waals surface area contributed by atoms with Gasteiger partial charge >= 0.3 is 5.97 Å². The Kier molecular flexibility index (Phi) is 4.60. The maximum atomic E-state index is 12.4. The molecule has 2 rings (SSSR count). The minimum atomic E-state index is -3.57. The van der Waals surface area contributed by atoms with Crippen LogP contribution in [0.1, 0.15) is 24.0 Å². The van der Waals surface area contributed by atoms with Crippen LogP contribution in [0.15, 0.2) is 24.3 Å². The molecule has 21 heavy (non-hydrogen) atoms. The molecule has 0 saturated carbocycles. The van der Waals surface area contributed by atoms with Gasteiger partial charge in [-0.25, -0.2) is 12.7 Å². The second-order valence-electron chi connectivity index (χ2n) is 5.10. The van der Waals surface area contributed by atoms with E-state index in [2.05, 4.69) is 0 Å². The Morgan fingerprint density at radius 2 is 2.24 bits per heavy atom. The van der Waals surface area contributed by atoms with Crippen molar-refractivity contribution in [3.8, 4) is 6.07 Å². The Morgan fingerprint density at radius 1 is 1.48 bits per heavy atom. The summed E-state index contributed by atoms with van der Waals surface area (Å²) in [6.07, 6.45) is 1.06. The molecule has 0 amide bonds. The number of carbonyl (C=O) groups is 1. The lowest BCUT2D eigenvalue weighted by molar-refractivity contribution is -0.142. The van der Waals surface area contributed by atoms with Crippen LogP contribution < -0.4 is 0 Å². The molecule has 1 N–H and O–H groups in total. The molecule has 1 aliphatic rings. The number of benzene rings is 1. The summed E-state index contributed by atoms with van der Waals surface area (Å²) < 4.78 is 26.0. The molecule has 1 heterocycles. The van der Waals surface area contributed by atoms with Gasteiger partial charge in [-0.2, -0.15) is 5.26 Å². The van der Waals surface area contributed by atoms with Gasteiger partial charge in [0.25, 0.3) is 0 Å². The summed E-state index contributed by atoms with van der Waals surface area (Å²) in [5.74, 6) is -1.81. The van der Waals surface area contributed by atoms with E-state index >= 15 is 0 Å². The van der Waals surface area contributed by atoms with Gasteiger partial charge in [0.15, 0.2) is 0 Å². The Hall–Kier alpha value is -1.91. The molecule has 1 aromatic rings. The van der Waals surface area contributed by atoms with E-state index in [0.29, 0.717) is 30.5 Å². The highest BCUT2D eigenvalue weighted by atomic mass is 32.2. The lowest BCUT2D eigenvalue weighted by Gasteiger charge is -2.29. The zero-order chi connectivity index (χ0) is 15.5. The summed E-state index contributed by atoms with van der Waals surface area (Å²) in [6, 6.07) is 8.40. The van der Waals surface area contributed by atoms with Gasteiger partial charge in [0.2, 0.25) is 10.0 Å². The number of sulfonamides is 1. The molecule has 0 aromatic heterocycles. The molecule has 6 nitrogen and oxygen atoms in total. The van der Waals surface area contributed by atoms with Crippen molar-refractivity contribution < 1.29 is 18.3 Å². The number of hydrogen-bond donors (Lipinski definition) is 1. The Balaban J connectivity index is 2.14. The van der Waals surface area contributed by atoms with Gasteiger partial charge in [-0.3, -0.25) is 4.79 Å². The first-order chi connectivity index (χ1) is 9.92. The summed E-state index contributed by atoms with van der Waals surface area (Å²) in [6.45, 7) is 0.375. The molecule has 1 fully saturated rings. The molecule has 112 valence electrons. The van der Waals surface area contributed by atoms with E-state index in [4.69, 9.17) is 10.4 Å². The van der Waals surface area contributed by atoms with Crippen LogP contribution in [0.5, 0.6) is 0 Å². The lowest BCUT2D eigenvalue weighted by Crippen LogP contribution is -2.42. The summed E-state index contributed by atoms with van der Waals surface area (Å²) in [7, 11) is -3.57. The third kappa shape index (κ3) is 3.80. The quantitative estimate of drug-likeness (QED) is 0.900. The second-order valence-corrected chi connectivity index (χ2v) is 7.07. The number of nitrogens with zero attached hydrogens (tertiary/aromatic N) is 2. The molecule has 1 atom stereocenters. The minimum Gasteiger partial charge on any atom is -0.481 e. The molecule has 7 heteroatoms. The average Bonchev–Trinajstić information content (AvgIpc) is 2.47. The number of carboxylic acids is 1. The fourth-order valence-corrected chi connectivity index (χ4v) is 4.03. The van der Waals surface area contributed by atoms with Crippen molar-refractivity contribution in [1.29, 1.82) is 5.26 Å². The van der Waals surface area contributed by atoms with Crippen LogP contribution >= 0.6 is 0 Å². The highest BCUT2D eigenvalue weighted by Crippen LogP contribution is 2.21. The van der Waals surface area contributed by atoms with Crippen molar-refractivity contribution in [2.75, 3.05) is 13.1 Å². The SMILES string of the molecule is N#Cc1cccc(CS(=O)(=O)N2CCCC(C(=O)O)C2)c1. The van der Waals surface area contributed by atoms with Gasteiger partial charge in [0.1, 0.15) is 0 Å². The zero-order valence-electron chi connectivity index (χ0n) is 11.4. The van der Waals surface area contributed by atoms with E-state index in [1.807, 2.05) is 6.07 Å². The van der Waals surface area contributed by atoms with E-state index in [9.17, 15) is 13.2 Å². The van der Waals surface area contributed by atoms with Crippen LogP contribution in [-0.2, 0) is 20.6 Å². The van der Waals surface area contributed by atoms with E-state index < -0.39 is 21.9 Å². The van der Waals surface area contributed by atoms with Gasteiger partial charge in [-0.15, -0.1) is 0 Å². The second kappa shape index (κ2) is 6.24. The van der Waals surface area contributed by atoms with E-state index in [1.165, 1.54) is 10.4 Å². The molecular weight excluding hydrogens is 292 g/mol. The highest BCUT2D eigenvalue weighted by molar-refractivity contribution is 7.88. The summed E-state index contributed by atoms with van der Waals surface area (Å²) >= 11 is 0. The van der Waals surface area contributed by atoms with Crippen LogP contribution in [-0.4, -0.2) is 36.9 Å². The average molecular weight is 308 g/mol. The number of aliphatic carboxylic acids is 1. The normalized spacial score (nSPS) is 19.9. The van der Waals surface area contributed by atoms with Crippen LogP contribution in [0.25, 0.3) is 0 Å². The van der Waals surface area contributed by atoms with Gasteiger partial charge in [0.05, 0.1) is 23.3 Å². The smallest absolute Gasteiger partial charge is 0.307 e. The molecule has 1 aliphatic heterocycles. The first kappa shape index (κ1) is 15.5. The molecule has 0 bridgehead atoms.